The number of carbonyl (C=O) groups is 1. The molecule has 1 aliphatic rings. The number of unbranched alkanes of at least 4 members (excludes halogenated alkanes) is 3. The Morgan fingerprint density at radius 3 is 2.54 bits per heavy atom. The fourth-order valence-electron chi connectivity index (χ4n) is 4.26. The molecule has 0 heterocycles. The zero-order valence-electron chi connectivity index (χ0n) is 17.1. The van der Waals surface area contributed by atoms with Crippen molar-refractivity contribution in [2.24, 2.45) is 11.8 Å². The summed E-state index contributed by atoms with van der Waals surface area (Å²) in [7, 11) is 0. The van der Waals surface area contributed by atoms with Crippen molar-refractivity contribution in [3.05, 3.63) is 30.3 Å². The lowest BCUT2D eigenvalue weighted by molar-refractivity contribution is -0.137. The van der Waals surface area contributed by atoms with Gasteiger partial charge in [-0.15, -0.1) is 11.8 Å². The van der Waals surface area contributed by atoms with Gasteiger partial charge in [-0.05, 0) is 63.0 Å². The first-order valence-corrected chi connectivity index (χ1v) is 11.7. The van der Waals surface area contributed by atoms with Gasteiger partial charge in [-0.1, -0.05) is 43.9 Å². The van der Waals surface area contributed by atoms with E-state index in [1.807, 2.05) is 25.1 Å². The highest BCUT2D eigenvalue weighted by molar-refractivity contribution is 7.99. The van der Waals surface area contributed by atoms with Crippen LogP contribution < -0.4 is 0 Å². The van der Waals surface area contributed by atoms with Crippen molar-refractivity contribution in [2.75, 3.05) is 5.75 Å². The molecular formula is C23H36O4S. The number of rotatable bonds is 13. The molecule has 3 N–H and O–H groups in total. The maximum absolute atomic E-state index is 10.8. The Morgan fingerprint density at radius 2 is 1.82 bits per heavy atom. The Bertz CT molecular complexity index is 575. The number of thioether (sulfide) groups is 1. The minimum absolute atomic E-state index is 0.241. The molecule has 158 valence electrons. The van der Waals surface area contributed by atoms with Gasteiger partial charge in [0.1, 0.15) is 0 Å². The van der Waals surface area contributed by atoms with E-state index in [1.54, 1.807) is 11.8 Å². The minimum atomic E-state index is -0.732. The summed E-state index contributed by atoms with van der Waals surface area (Å²) in [4.78, 5) is 11.7. The molecule has 1 aromatic rings. The fraction of sp³-hybridized carbons (Fsp3) is 0.696. The van der Waals surface area contributed by atoms with Gasteiger partial charge < -0.3 is 15.3 Å². The van der Waals surface area contributed by atoms with Crippen molar-refractivity contribution >= 4 is 17.7 Å². The summed E-state index contributed by atoms with van der Waals surface area (Å²) in [6.07, 6.45) is 8.55. The van der Waals surface area contributed by atoms with Gasteiger partial charge in [0.05, 0.1) is 11.7 Å². The Labute approximate surface area is 173 Å². The Kier molecular flexibility index (Phi) is 9.83. The number of hydrogen-bond donors (Lipinski definition) is 3. The maximum Gasteiger partial charge on any atom is 0.303 e. The van der Waals surface area contributed by atoms with E-state index in [1.165, 1.54) is 4.90 Å². The molecule has 2 rings (SSSR count). The monoisotopic (exact) mass is 408 g/mol. The number of benzene rings is 1. The molecule has 0 aromatic heterocycles. The molecule has 0 aliphatic heterocycles. The zero-order chi connectivity index (χ0) is 20.4. The van der Waals surface area contributed by atoms with E-state index in [2.05, 4.69) is 12.1 Å². The van der Waals surface area contributed by atoms with E-state index in [0.29, 0.717) is 18.1 Å². The van der Waals surface area contributed by atoms with Crippen LogP contribution in [-0.2, 0) is 4.79 Å². The molecule has 0 saturated heterocycles. The summed E-state index contributed by atoms with van der Waals surface area (Å²) in [6.45, 7) is 1.90. The summed E-state index contributed by atoms with van der Waals surface area (Å²) >= 11 is 1.68. The third-order valence-corrected chi connectivity index (χ3v) is 7.33. The Hall–Kier alpha value is -1.04. The van der Waals surface area contributed by atoms with Crippen LogP contribution in [0.3, 0.4) is 0 Å². The van der Waals surface area contributed by atoms with Gasteiger partial charge in [-0.2, -0.15) is 0 Å². The molecule has 1 fully saturated rings. The highest BCUT2D eigenvalue weighted by Gasteiger charge is 2.35. The Morgan fingerprint density at radius 1 is 1.11 bits per heavy atom. The molecule has 2 unspecified atom stereocenters. The van der Waals surface area contributed by atoms with Crippen LogP contribution in [0, 0.1) is 11.8 Å². The summed E-state index contributed by atoms with van der Waals surface area (Å²) in [5.41, 5.74) is -0.732. The molecule has 4 atom stereocenters. The minimum Gasteiger partial charge on any atom is -0.481 e. The van der Waals surface area contributed by atoms with Crippen LogP contribution in [-0.4, -0.2) is 38.7 Å². The molecule has 1 aromatic carbocycles. The van der Waals surface area contributed by atoms with Crippen molar-refractivity contribution < 1.29 is 20.1 Å². The SMILES string of the molecule is CC(O)(CC[C@@H]1C(CCCCCCC(=O)O)CC[C@H]1O)CSc1ccccc1. The second-order valence-corrected chi connectivity index (χ2v) is 9.60. The van der Waals surface area contributed by atoms with Crippen LogP contribution in [0.25, 0.3) is 0 Å². The average Bonchev–Trinajstić information content (AvgIpc) is 3.02. The number of aliphatic hydroxyl groups excluding tert-OH is 1. The number of hydrogen-bond acceptors (Lipinski definition) is 4. The molecule has 0 bridgehead atoms. The largest absolute Gasteiger partial charge is 0.481 e. The molecule has 0 spiro atoms. The van der Waals surface area contributed by atoms with Gasteiger partial charge >= 0.3 is 5.97 Å². The predicted molar refractivity (Wildman–Crippen MR) is 115 cm³/mol. The normalized spacial score (nSPS) is 24.2. The van der Waals surface area contributed by atoms with Gasteiger partial charge in [-0.25, -0.2) is 0 Å². The summed E-state index contributed by atoms with van der Waals surface area (Å²) in [5.74, 6) is 0.768. The fourth-order valence-corrected chi connectivity index (χ4v) is 5.23. The first kappa shape index (κ1) is 23.2. The van der Waals surface area contributed by atoms with E-state index >= 15 is 0 Å². The highest BCUT2D eigenvalue weighted by Crippen LogP contribution is 2.40. The second-order valence-electron chi connectivity index (χ2n) is 8.55. The van der Waals surface area contributed by atoms with Crippen molar-refractivity contribution in [3.8, 4) is 0 Å². The van der Waals surface area contributed by atoms with E-state index in [-0.39, 0.29) is 18.4 Å². The third kappa shape index (κ3) is 8.54. The van der Waals surface area contributed by atoms with Crippen molar-refractivity contribution in [2.45, 2.75) is 87.7 Å². The predicted octanol–water partition coefficient (Wildman–Crippen LogP) is 5.12. The first-order chi connectivity index (χ1) is 13.4. The lowest BCUT2D eigenvalue weighted by atomic mass is 9.84. The molecule has 1 saturated carbocycles. The number of aliphatic hydroxyl groups is 2. The standard InChI is InChI=1S/C23H36O4S/c1-23(27,17-28-19-10-6-4-7-11-19)16-15-20-18(13-14-21(20)24)9-5-2-3-8-12-22(25)26/h4,6-7,10-11,18,20-21,24,27H,2-3,5,8-9,12-17H2,1H3,(H,25,26)/t18?,20-,21-,23?/m1/s1. The number of carboxylic acids is 1. The third-order valence-electron chi connectivity index (χ3n) is 5.96. The molecule has 28 heavy (non-hydrogen) atoms. The van der Waals surface area contributed by atoms with Crippen LogP contribution in [0.2, 0.25) is 0 Å². The Balaban J connectivity index is 1.70. The van der Waals surface area contributed by atoms with Gasteiger partial charge in [0.2, 0.25) is 0 Å². The smallest absolute Gasteiger partial charge is 0.303 e. The van der Waals surface area contributed by atoms with E-state index < -0.39 is 11.6 Å². The summed E-state index contributed by atoms with van der Waals surface area (Å²) in [6, 6.07) is 10.1. The number of aliphatic carboxylic acids is 1. The molecule has 0 amide bonds. The molecule has 5 heteroatoms. The maximum atomic E-state index is 10.8. The molecule has 1 aliphatic carbocycles. The van der Waals surface area contributed by atoms with Crippen LogP contribution in [0.4, 0.5) is 0 Å². The second kappa shape index (κ2) is 11.8. The van der Waals surface area contributed by atoms with Crippen LogP contribution in [0.5, 0.6) is 0 Å². The topological polar surface area (TPSA) is 77.8 Å². The average molecular weight is 409 g/mol. The number of carboxylic acid groups (broad SMARTS) is 1. The summed E-state index contributed by atoms with van der Waals surface area (Å²) < 4.78 is 0. The van der Waals surface area contributed by atoms with Crippen molar-refractivity contribution in [1.82, 2.24) is 0 Å². The molecule has 4 nitrogen and oxygen atoms in total. The summed E-state index contributed by atoms with van der Waals surface area (Å²) in [5, 5.41) is 29.9. The van der Waals surface area contributed by atoms with Crippen LogP contribution in [0.15, 0.2) is 35.2 Å². The van der Waals surface area contributed by atoms with Gasteiger partial charge in [-0.3, -0.25) is 4.79 Å². The zero-order valence-corrected chi connectivity index (χ0v) is 17.9. The van der Waals surface area contributed by atoms with Gasteiger partial charge in [0, 0.05) is 17.1 Å². The van der Waals surface area contributed by atoms with Crippen molar-refractivity contribution in [1.29, 1.82) is 0 Å². The molecule has 0 radical (unpaired) electrons. The highest BCUT2D eigenvalue weighted by atomic mass is 32.2. The quantitative estimate of drug-likeness (QED) is 0.312. The van der Waals surface area contributed by atoms with E-state index in [9.17, 15) is 15.0 Å². The van der Waals surface area contributed by atoms with Gasteiger partial charge in [0.15, 0.2) is 0 Å². The lowest BCUT2D eigenvalue weighted by Crippen LogP contribution is -2.30. The van der Waals surface area contributed by atoms with E-state index in [0.717, 1.165) is 51.4 Å². The van der Waals surface area contributed by atoms with E-state index in [4.69, 9.17) is 5.11 Å². The van der Waals surface area contributed by atoms with Crippen LogP contribution >= 0.6 is 11.8 Å². The van der Waals surface area contributed by atoms with Gasteiger partial charge in [0.25, 0.3) is 0 Å². The molecular weight excluding hydrogens is 372 g/mol. The van der Waals surface area contributed by atoms with Crippen molar-refractivity contribution in [3.63, 3.8) is 0 Å². The van der Waals surface area contributed by atoms with Crippen LogP contribution in [0.1, 0.15) is 71.1 Å². The lowest BCUT2D eigenvalue weighted by Gasteiger charge is -2.28. The first-order valence-electron chi connectivity index (χ1n) is 10.7.